The lowest BCUT2D eigenvalue weighted by molar-refractivity contribution is -0.140. The summed E-state index contributed by atoms with van der Waals surface area (Å²) in [6.45, 7) is 0.270. The van der Waals surface area contributed by atoms with Crippen molar-refractivity contribution in [1.82, 2.24) is 4.98 Å². The third-order valence-corrected chi connectivity index (χ3v) is 5.69. The van der Waals surface area contributed by atoms with Crippen LogP contribution >= 0.6 is 0 Å². The Morgan fingerprint density at radius 3 is 2.74 bits per heavy atom. The van der Waals surface area contributed by atoms with Gasteiger partial charge in [-0.2, -0.15) is 0 Å². The van der Waals surface area contributed by atoms with E-state index in [1.165, 1.54) is 30.5 Å². The molecule has 0 fully saturated rings. The molecule has 1 aliphatic rings. The second kappa shape index (κ2) is 9.73. The van der Waals surface area contributed by atoms with Crippen LogP contribution in [0.15, 0.2) is 54.7 Å². The van der Waals surface area contributed by atoms with Gasteiger partial charge in [0.25, 0.3) is 0 Å². The van der Waals surface area contributed by atoms with Gasteiger partial charge >= 0.3 is 5.97 Å². The maximum Gasteiger partial charge on any atom is 0.305 e. The number of aromatic nitrogens is 1. The van der Waals surface area contributed by atoms with Gasteiger partial charge in [-0.25, -0.2) is 4.39 Å². The third kappa shape index (κ3) is 5.29. The minimum Gasteiger partial charge on any atom is -0.489 e. The molecule has 31 heavy (non-hydrogen) atoms. The van der Waals surface area contributed by atoms with Gasteiger partial charge < -0.3 is 9.47 Å². The largest absolute Gasteiger partial charge is 0.489 e. The van der Waals surface area contributed by atoms with Gasteiger partial charge in [0.15, 0.2) is 0 Å². The highest BCUT2D eigenvalue weighted by molar-refractivity contribution is 5.69. The van der Waals surface area contributed by atoms with Crippen LogP contribution in [-0.2, 0) is 35.4 Å². The van der Waals surface area contributed by atoms with Crippen molar-refractivity contribution in [2.45, 2.75) is 45.1 Å². The number of ether oxygens (including phenoxy) is 2. The van der Waals surface area contributed by atoms with Crippen molar-refractivity contribution in [3.8, 4) is 16.9 Å². The Hall–Kier alpha value is -3.21. The monoisotopic (exact) mass is 419 g/mol. The number of hydrogen-bond acceptors (Lipinski definition) is 4. The number of aryl methyl sites for hydroxylation is 3. The van der Waals surface area contributed by atoms with E-state index < -0.39 is 0 Å². The highest BCUT2D eigenvalue weighted by Crippen LogP contribution is 2.29. The van der Waals surface area contributed by atoms with Crippen molar-refractivity contribution >= 4 is 5.97 Å². The molecule has 0 saturated heterocycles. The quantitative estimate of drug-likeness (QED) is 0.456. The molecule has 4 rings (SSSR count). The van der Waals surface area contributed by atoms with Crippen LogP contribution in [0.2, 0.25) is 0 Å². The molecule has 160 valence electrons. The van der Waals surface area contributed by atoms with Gasteiger partial charge in [-0.3, -0.25) is 9.78 Å². The van der Waals surface area contributed by atoms with Crippen LogP contribution in [0, 0.1) is 5.82 Å². The Labute approximate surface area is 182 Å². The van der Waals surface area contributed by atoms with E-state index in [9.17, 15) is 9.18 Å². The lowest BCUT2D eigenvalue weighted by Crippen LogP contribution is -2.01. The number of carbonyl (C=O) groups excluding carboxylic acids is 1. The molecule has 0 amide bonds. The fraction of sp³-hybridized carbons (Fsp3) is 0.308. The number of carbonyl (C=O) groups is 1. The predicted molar refractivity (Wildman–Crippen MR) is 117 cm³/mol. The number of benzene rings is 2. The van der Waals surface area contributed by atoms with Gasteiger partial charge in [-0.05, 0) is 79.1 Å². The first kappa shape index (κ1) is 21.0. The molecule has 0 radical (unpaired) electrons. The van der Waals surface area contributed by atoms with Crippen LogP contribution in [-0.4, -0.2) is 18.1 Å². The van der Waals surface area contributed by atoms with E-state index in [-0.39, 0.29) is 18.4 Å². The number of esters is 1. The summed E-state index contributed by atoms with van der Waals surface area (Å²) in [5.41, 5.74) is 6.34. The Morgan fingerprint density at radius 1 is 1.10 bits per heavy atom. The fourth-order valence-corrected chi connectivity index (χ4v) is 3.99. The van der Waals surface area contributed by atoms with Gasteiger partial charge in [0.2, 0.25) is 0 Å². The number of halogens is 1. The van der Waals surface area contributed by atoms with Gasteiger partial charge in [-0.1, -0.05) is 18.2 Å². The van der Waals surface area contributed by atoms with Crippen LogP contribution < -0.4 is 4.74 Å². The van der Waals surface area contributed by atoms with E-state index >= 15 is 0 Å². The topological polar surface area (TPSA) is 48.4 Å². The van der Waals surface area contributed by atoms with E-state index in [1.54, 1.807) is 6.07 Å². The zero-order chi connectivity index (χ0) is 21.6. The Balaban J connectivity index is 1.43. The van der Waals surface area contributed by atoms with Crippen molar-refractivity contribution in [1.29, 1.82) is 0 Å². The van der Waals surface area contributed by atoms with E-state index in [4.69, 9.17) is 4.74 Å². The number of hydrogen-bond donors (Lipinski definition) is 0. The second-order valence-electron chi connectivity index (χ2n) is 7.85. The van der Waals surface area contributed by atoms with Crippen LogP contribution in [0.1, 0.15) is 41.6 Å². The van der Waals surface area contributed by atoms with E-state index in [2.05, 4.69) is 15.8 Å². The molecule has 1 aliphatic carbocycles. The summed E-state index contributed by atoms with van der Waals surface area (Å²) in [5.74, 6) is 0.251. The van der Waals surface area contributed by atoms with Crippen molar-refractivity contribution in [2.75, 3.05) is 7.11 Å². The summed E-state index contributed by atoms with van der Waals surface area (Å²) in [5, 5.41) is 0. The molecular weight excluding hydrogens is 393 g/mol. The molecule has 2 aromatic carbocycles. The van der Waals surface area contributed by atoms with Crippen LogP contribution in [0.25, 0.3) is 11.1 Å². The van der Waals surface area contributed by atoms with E-state index in [1.807, 2.05) is 30.5 Å². The highest BCUT2D eigenvalue weighted by Gasteiger charge is 2.15. The smallest absolute Gasteiger partial charge is 0.305 e. The molecule has 5 heteroatoms. The first-order chi connectivity index (χ1) is 15.1. The molecule has 3 aromatic rings. The molecule has 0 atom stereocenters. The molecule has 0 unspecified atom stereocenters. The summed E-state index contributed by atoms with van der Waals surface area (Å²) >= 11 is 0. The third-order valence-electron chi connectivity index (χ3n) is 5.69. The average Bonchev–Trinajstić information content (AvgIpc) is 3.26. The van der Waals surface area contributed by atoms with E-state index in [0.29, 0.717) is 6.42 Å². The average molecular weight is 419 g/mol. The number of fused-ring (bicyclic) bond motifs is 1. The first-order valence-electron chi connectivity index (χ1n) is 10.7. The molecular formula is C26H26FNO3. The van der Waals surface area contributed by atoms with Gasteiger partial charge in [0, 0.05) is 29.4 Å². The fourth-order valence-electron chi connectivity index (χ4n) is 3.99. The van der Waals surface area contributed by atoms with Crippen molar-refractivity contribution in [3.05, 3.63) is 82.9 Å². The molecule has 1 aromatic heterocycles. The number of methoxy groups -OCH3 is 1. The van der Waals surface area contributed by atoms with Crippen molar-refractivity contribution in [3.63, 3.8) is 0 Å². The highest BCUT2D eigenvalue weighted by atomic mass is 19.1. The summed E-state index contributed by atoms with van der Waals surface area (Å²) in [6, 6.07) is 14.8. The molecule has 1 heterocycles. The zero-order valence-electron chi connectivity index (χ0n) is 17.7. The van der Waals surface area contributed by atoms with Crippen molar-refractivity contribution < 1.29 is 18.7 Å². The summed E-state index contributed by atoms with van der Waals surface area (Å²) in [7, 11) is 1.40. The predicted octanol–water partition coefficient (Wildman–Crippen LogP) is 5.45. The van der Waals surface area contributed by atoms with Crippen LogP contribution in [0.4, 0.5) is 4.39 Å². The molecule has 0 saturated carbocycles. The lowest BCUT2D eigenvalue weighted by atomic mass is 9.99. The number of rotatable bonds is 8. The van der Waals surface area contributed by atoms with Crippen molar-refractivity contribution in [2.24, 2.45) is 0 Å². The first-order valence-corrected chi connectivity index (χ1v) is 10.7. The second-order valence-corrected chi connectivity index (χ2v) is 7.85. The van der Waals surface area contributed by atoms with Gasteiger partial charge in [-0.15, -0.1) is 0 Å². The minimum absolute atomic E-state index is 0.190. The van der Waals surface area contributed by atoms with Crippen LogP contribution in [0.3, 0.4) is 0 Å². The van der Waals surface area contributed by atoms with Crippen LogP contribution in [0.5, 0.6) is 5.75 Å². The molecule has 0 aliphatic heterocycles. The Morgan fingerprint density at radius 2 is 1.94 bits per heavy atom. The van der Waals surface area contributed by atoms with Gasteiger partial charge in [0.05, 0.1) is 7.11 Å². The van der Waals surface area contributed by atoms with E-state index in [0.717, 1.165) is 60.1 Å². The summed E-state index contributed by atoms with van der Waals surface area (Å²) in [4.78, 5) is 15.8. The van der Waals surface area contributed by atoms with Gasteiger partial charge in [0.1, 0.15) is 18.2 Å². The normalized spacial score (nSPS) is 12.5. The maximum absolute atomic E-state index is 14.0. The SMILES string of the molecule is COC(=O)CCCc1ccc(OCc2cc(F)ccc2-c2cnc3c(c2)CCC3)cc1. The Bertz CT molecular complexity index is 1060. The molecule has 0 spiro atoms. The minimum atomic E-state index is -0.280. The maximum atomic E-state index is 14.0. The molecule has 0 N–H and O–H groups in total. The molecule has 0 bridgehead atoms. The summed E-state index contributed by atoms with van der Waals surface area (Å²) < 4.78 is 24.6. The lowest BCUT2D eigenvalue weighted by Gasteiger charge is -2.13. The Kier molecular flexibility index (Phi) is 6.60. The summed E-state index contributed by atoms with van der Waals surface area (Å²) in [6.07, 6.45) is 7.06. The zero-order valence-corrected chi connectivity index (χ0v) is 17.7. The number of nitrogens with zero attached hydrogens (tertiary/aromatic N) is 1. The number of pyridine rings is 1. The molecule has 4 nitrogen and oxygen atoms in total. The standard InChI is InChI=1S/C26H26FNO3/c1-30-26(29)7-2-4-18-8-11-23(12-9-18)31-17-21-15-22(27)10-13-24(21)20-14-19-5-3-6-25(19)28-16-20/h8-16H,2-7,17H2,1H3.